The zero-order chi connectivity index (χ0) is 20.1. The van der Waals surface area contributed by atoms with Crippen molar-refractivity contribution in [2.75, 3.05) is 44.8 Å². The number of hydrogen-bond donors (Lipinski definition) is 0. The van der Waals surface area contributed by atoms with Crippen molar-refractivity contribution in [3.8, 4) is 0 Å². The summed E-state index contributed by atoms with van der Waals surface area (Å²) >= 11 is 0. The SMILES string of the molecule is COCCn1nnnc1C(c1ccccc1)N1CCN(c2ccccc2F)CC1. The lowest BCUT2D eigenvalue weighted by Gasteiger charge is -2.40. The lowest BCUT2D eigenvalue weighted by molar-refractivity contribution is 0.171. The van der Waals surface area contributed by atoms with Gasteiger partial charge in [0.05, 0.1) is 24.9 Å². The summed E-state index contributed by atoms with van der Waals surface area (Å²) in [7, 11) is 1.67. The van der Waals surface area contributed by atoms with Gasteiger partial charge < -0.3 is 9.64 Å². The van der Waals surface area contributed by atoms with Gasteiger partial charge in [-0.15, -0.1) is 5.10 Å². The van der Waals surface area contributed by atoms with Gasteiger partial charge in [-0.05, 0) is 28.1 Å². The minimum absolute atomic E-state index is 0.0640. The first-order valence-electron chi connectivity index (χ1n) is 9.81. The highest BCUT2D eigenvalue weighted by atomic mass is 19.1. The molecule has 0 amide bonds. The molecule has 4 rings (SSSR count). The molecule has 1 saturated heterocycles. The highest BCUT2D eigenvalue weighted by Crippen LogP contribution is 2.29. The minimum atomic E-state index is -0.177. The van der Waals surface area contributed by atoms with Crippen LogP contribution in [0.4, 0.5) is 10.1 Å². The number of tetrazole rings is 1. The maximum absolute atomic E-state index is 14.2. The maximum atomic E-state index is 14.2. The molecule has 1 fully saturated rings. The van der Waals surface area contributed by atoms with E-state index in [0.29, 0.717) is 18.8 Å². The summed E-state index contributed by atoms with van der Waals surface area (Å²) in [6.45, 7) is 4.18. The summed E-state index contributed by atoms with van der Waals surface area (Å²) in [6.07, 6.45) is 0. The topological polar surface area (TPSA) is 59.3 Å². The minimum Gasteiger partial charge on any atom is -0.383 e. The number of para-hydroxylation sites is 1. The second-order valence-corrected chi connectivity index (χ2v) is 7.04. The lowest BCUT2D eigenvalue weighted by atomic mass is 10.0. The summed E-state index contributed by atoms with van der Waals surface area (Å²) < 4.78 is 21.2. The van der Waals surface area contributed by atoms with Crippen LogP contribution in [0.5, 0.6) is 0 Å². The third-order valence-corrected chi connectivity index (χ3v) is 5.30. The Morgan fingerprint density at radius 1 is 1.00 bits per heavy atom. The highest BCUT2D eigenvalue weighted by Gasteiger charge is 2.31. The third kappa shape index (κ3) is 4.28. The zero-order valence-corrected chi connectivity index (χ0v) is 16.5. The van der Waals surface area contributed by atoms with Gasteiger partial charge in [0.25, 0.3) is 0 Å². The van der Waals surface area contributed by atoms with E-state index in [1.807, 2.05) is 35.0 Å². The molecule has 0 N–H and O–H groups in total. The maximum Gasteiger partial charge on any atom is 0.173 e. The Morgan fingerprint density at radius 2 is 1.72 bits per heavy atom. The highest BCUT2D eigenvalue weighted by molar-refractivity contribution is 5.48. The number of halogens is 1. The Morgan fingerprint density at radius 3 is 2.45 bits per heavy atom. The summed E-state index contributed by atoms with van der Waals surface area (Å²) in [5.74, 6) is 0.622. The van der Waals surface area contributed by atoms with Crippen LogP contribution < -0.4 is 4.90 Å². The molecule has 1 aliphatic heterocycles. The Kier molecular flexibility index (Phi) is 6.12. The van der Waals surface area contributed by atoms with E-state index in [1.165, 1.54) is 6.07 Å². The Balaban J connectivity index is 1.57. The van der Waals surface area contributed by atoms with E-state index >= 15 is 0 Å². The average molecular weight is 396 g/mol. The Labute approximate surface area is 169 Å². The van der Waals surface area contributed by atoms with Crippen LogP contribution in [0.2, 0.25) is 0 Å². The smallest absolute Gasteiger partial charge is 0.173 e. The third-order valence-electron chi connectivity index (χ3n) is 5.30. The summed E-state index contributed by atoms with van der Waals surface area (Å²) in [4.78, 5) is 4.46. The first-order chi connectivity index (χ1) is 14.3. The van der Waals surface area contributed by atoms with Gasteiger partial charge in [0.15, 0.2) is 5.82 Å². The fraction of sp³-hybridized carbons (Fsp3) is 0.381. The molecule has 7 nitrogen and oxygen atoms in total. The van der Waals surface area contributed by atoms with Crippen LogP contribution in [0.3, 0.4) is 0 Å². The number of methoxy groups -OCH3 is 1. The van der Waals surface area contributed by atoms with Crippen molar-refractivity contribution >= 4 is 5.69 Å². The molecule has 1 aliphatic rings. The summed E-state index contributed by atoms with van der Waals surface area (Å²) in [6, 6.07) is 17.1. The molecule has 1 unspecified atom stereocenters. The average Bonchev–Trinajstić information content (AvgIpc) is 3.22. The van der Waals surface area contributed by atoms with Crippen LogP contribution in [0.25, 0.3) is 0 Å². The summed E-state index contributed by atoms with van der Waals surface area (Å²) in [5, 5.41) is 12.4. The molecular weight excluding hydrogens is 371 g/mol. The fourth-order valence-corrected chi connectivity index (χ4v) is 3.83. The number of hydrogen-bond acceptors (Lipinski definition) is 6. The van der Waals surface area contributed by atoms with Gasteiger partial charge in [0, 0.05) is 33.3 Å². The second-order valence-electron chi connectivity index (χ2n) is 7.04. The predicted molar refractivity (Wildman–Crippen MR) is 108 cm³/mol. The summed E-state index contributed by atoms with van der Waals surface area (Å²) in [5.41, 5.74) is 1.80. The first-order valence-corrected chi connectivity index (χ1v) is 9.81. The van der Waals surface area contributed by atoms with Crippen molar-refractivity contribution in [2.45, 2.75) is 12.6 Å². The van der Waals surface area contributed by atoms with Crippen LogP contribution in [0, 0.1) is 5.82 Å². The van der Waals surface area contributed by atoms with E-state index in [9.17, 15) is 4.39 Å². The number of rotatable bonds is 7. The van der Waals surface area contributed by atoms with Gasteiger partial charge in [0.2, 0.25) is 0 Å². The van der Waals surface area contributed by atoms with Gasteiger partial charge in [-0.1, -0.05) is 42.5 Å². The van der Waals surface area contributed by atoms with Crippen molar-refractivity contribution in [3.05, 3.63) is 71.8 Å². The van der Waals surface area contributed by atoms with E-state index in [0.717, 1.165) is 37.6 Å². The second kappa shape index (κ2) is 9.11. The van der Waals surface area contributed by atoms with Crippen molar-refractivity contribution < 1.29 is 9.13 Å². The standard InChI is InChI=1S/C21H25FN6O/c1-29-16-15-28-21(23-24-25-28)20(17-7-3-2-4-8-17)27-13-11-26(12-14-27)19-10-6-5-9-18(19)22/h2-10,20H,11-16H2,1H3. The monoisotopic (exact) mass is 396 g/mol. The number of ether oxygens (including phenoxy) is 1. The molecule has 0 aliphatic carbocycles. The largest absolute Gasteiger partial charge is 0.383 e. The van der Waals surface area contributed by atoms with Crippen LogP contribution in [-0.2, 0) is 11.3 Å². The Bertz CT molecular complexity index is 910. The van der Waals surface area contributed by atoms with Crippen LogP contribution in [-0.4, -0.2) is 65.0 Å². The number of piperazine rings is 1. The van der Waals surface area contributed by atoms with Crippen molar-refractivity contribution in [1.82, 2.24) is 25.1 Å². The van der Waals surface area contributed by atoms with E-state index in [2.05, 4.69) is 37.5 Å². The van der Waals surface area contributed by atoms with Gasteiger partial charge in [-0.25, -0.2) is 9.07 Å². The molecule has 29 heavy (non-hydrogen) atoms. The molecule has 2 aromatic carbocycles. The van der Waals surface area contributed by atoms with Gasteiger partial charge >= 0.3 is 0 Å². The molecule has 0 bridgehead atoms. The molecule has 8 heteroatoms. The normalized spacial score (nSPS) is 16.1. The predicted octanol–water partition coefficient (Wildman–Crippen LogP) is 2.37. The van der Waals surface area contributed by atoms with Crippen molar-refractivity contribution in [3.63, 3.8) is 0 Å². The molecular formula is C21H25FN6O. The van der Waals surface area contributed by atoms with E-state index in [-0.39, 0.29) is 11.9 Å². The molecule has 1 atom stereocenters. The quantitative estimate of drug-likeness (QED) is 0.611. The number of anilines is 1. The molecule has 0 saturated carbocycles. The van der Waals surface area contributed by atoms with E-state index < -0.39 is 0 Å². The van der Waals surface area contributed by atoms with Crippen LogP contribution in [0.1, 0.15) is 17.4 Å². The van der Waals surface area contributed by atoms with Crippen molar-refractivity contribution in [1.29, 1.82) is 0 Å². The zero-order valence-electron chi connectivity index (χ0n) is 16.5. The van der Waals surface area contributed by atoms with Gasteiger partial charge in [-0.3, -0.25) is 4.90 Å². The Hall–Kier alpha value is -2.84. The van der Waals surface area contributed by atoms with Gasteiger partial charge in [-0.2, -0.15) is 0 Å². The van der Waals surface area contributed by atoms with Crippen LogP contribution in [0.15, 0.2) is 54.6 Å². The lowest BCUT2D eigenvalue weighted by Crippen LogP contribution is -2.48. The van der Waals surface area contributed by atoms with Gasteiger partial charge in [0.1, 0.15) is 5.82 Å². The van der Waals surface area contributed by atoms with Crippen LogP contribution >= 0.6 is 0 Å². The first kappa shape index (κ1) is 19.5. The molecule has 0 radical (unpaired) electrons. The van der Waals surface area contributed by atoms with E-state index in [1.54, 1.807) is 13.2 Å². The number of aromatic nitrogens is 4. The molecule has 152 valence electrons. The molecule has 0 spiro atoms. The van der Waals surface area contributed by atoms with E-state index in [4.69, 9.17) is 4.74 Å². The number of benzene rings is 2. The molecule has 3 aromatic rings. The number of nitrogens with zero attached hydrogens (tertiary/aromatic N) is 6. The van der Waals surface area contributed by atoms with Crippen molar-refractivity contribution in [2.24, 2.45) is 0 Å². The molecule has 1 aromatic heterocycles. The fourth-order valence-electron chi connectivity index (χ4n) is 3.83. The molecule has 2 heterocycles.